The van der Waals surface area contributed by atoms with Crippen LogP contribution in [0.3, 0.4) is 0 Å². The van der Waals surface area contributed by atoms with Crippen molar-refractivity contribution >= 4 is 45.9 Å². The van der Waals surface area contributed by atoms with Gasteiger partial charge in [-0.15, -0.1) is 0 Å². The zero-order chi connectivity index (χ0) is 43.4. The van der Waals surface area contributed by atoms with Crippen molar-refractivity contribution < 1.29 is 32.6 Å². The third-order valence-corrected chi connectivity index (χ3v) is 13.6. The van der Waals surface area contributed by atoms with Crippen LogP contribution in [0.15, 0.2) is 53.7 Å². The number of hydrogen-bond donors (Lipinski definition) is 2. The van der Waals surface area contributed by atoms with Crippen LogP contribution >= 0.6 is 0 Å². The number of morpholine rings is 1. The molecule has 2 N–H and O–H groups in total. The first kappa shape index (κ1) is 41.1. The van der Waals surface area contributed by atoms with Crippen LogP contribution in [0.2, 0.25) is 0 Å². The van der Waals surface area contributed by atoms with Gasteiger partial charge in [0, 0.05) is 58.2 Å². The van der Waals surface area contributed by atoms with Crippen molar-refractivity contribution in [3.63, 3.8) is 0 Å². The predicted octanol–water partition coefficient (Wildman–Crippen LogP) is 4.59. The first-order valence-electron chi connectivity index (χ1n) is 22.0. The lowest BCUT2D eigenvalue weighted by molar-refractivity contribution is -0.135. The fraction of sp³-hybridized carbons (Fsp3) is 0.511. The van der Waals surface area contributed by atoms with Crippen molar-refractivity contribution in [2.75, 3.05) is 49.6 Å². The Labute approximate surface area is 361 Å². The summed E-state index contributed by atoms with van der Waals surface area (Å²) >= 11 is 0. The molecule has 4 aliphatic heterocycles. The van der Waals surface area contributed by atoms with Gasteiger partial charge in [-0.2, -0.15) is 5.10 Å². The number of benzene rings is 1. The molecule has 10 rings (SSSR count). The molecule has 0 radical (unpaired) electrons. The highest BCUT2D eigenvalue weighted by Gasteiger charge is 2.40. The lowest BCUT2D eigenvalue weighted by Crippen LogP contribution is -2.44. The zero-order valence-corrected chi connectivity index (χ0v) is 35.0. The lowest BCUT2D eigenvalue weighted by Gasteiger charge is -2.36. The quantitative estimate of drug-likeness (QED) is 0.150. The van der Waals surface area contributed by atoms with Crippen molar-refractivity contribution in [2.24, 2.45) is 13.0 Å². The first-order valence-corrected chi connectivity index (χ1v) is 22.0. The van der Waals surface area contributed by atoms with E-state index in [0.717, 1.165) is 76.9 Å². The number of nitrogens with one attached hydrogen (secondary N) is 2. The highest BCUT2D eigenvalue weighted by atomic mass is 19.3. The van der Waals surface area contributed by atoms with Gasteiger partial charge in [-0.25, -0.2) is 18.6 Å². The van der Waals surface area contributed by atoms with Gasteiger partial charge in [-0.05, 0) is 81.5 Å². The lowest BCUT2D eigenvalue weighted by atomic mass is 9.85. The number of para-hydroxylation sites is 1. The minimum Gasteiger partial charge on any atom is -0.374 e. The molecule has 18 heteroatoms. The number of ether oxygens (including phenoxy) is 2. The smallest absolute Gasteiger partial charge is 0.329 e. The highest BCUT2D eigenvalue weighted by molar-refractivity contribution is 6.08. The number of carbonyl (C=O) groups is 3. The number of imide groups is 1. The van der Waals surface area contributed by atoms with Crippen molar-refractivity contribution in [2.45, 2.75) is 94.5 Å². The maximum Gasteiger partial charge on any atom is 0.329 e. The summed E-state index contributed by atoms with van der Waals surface area (Å²) in [6, 6.07) is 8.49. The predicted molar refractivity (Wildman–Crippen MR) is 228 cm³/mol. The Balaban J connectivity index is 0.700. The van der Waals surface area contributed by atoms with Crippen LogP contribution < -0.4 is 21.2 Å². The summed E-state index contributed by atoms with van der Waals surface area (Å²) in [7, 11) is 1.66. The number of aromatic nitrogens is 6. The van der Waals surface area contributed by atoms with Crippen LogP contribution in [-0.2, 0) is 26.1 Å². The number of fused-ring (bicyclic) bond motifs is 4. The number of alkyl halides is 2. The van der Waals surface area contributed by atoms with Crippen LogP contribution in [0.25, 0.3) is 16.7 Å². The molecule has 3 atom stereocenters. The Morgan fingerprint density at radius 1 is 1.03 bits per heavy atom. The topological polar surface area (TPSA) is 162 Å². The standard InChI is InChI=1S/C45H50F2N10O6/c1-52-40-28(4-2-6-35(40)57(45(52)61)36-11-12-38(58)50-44(36)60)5-3-21-62-31-13-17-53(18-14-31)23-27-7-9-29(10-8-27)56-25-34(39(51-56)41(46)47)48-43(59)33-15-19-54-20-16-37(49-42(33)54)55-24-32-22-30(55)26-63-32/h2,4,6,15-16,19-20,25,27,29-32,36,41H,7-14,17-18,21-24,26H2,1H3,(H,48,59)(H,50,58,60)/t27-,29-,30-,32-,36?/m1/s1. The minimum absolute atomic E-state index is 0.0174. The van der Waals surface area contributed by atoms with Crippen LogP contribution in [0.1, 0.15) is 97.9 Å². The summed E-state index contributed by atoms with van der Waals surface area (Å²) in [5, 5.41) is 9.37. The highest BCUT2D eigenvalue weighted by Crippen LogP contribution is 2.36. The average molecular weight is 865 g/mol. The van der Waals surface area contributed by atoms with Gasteiger partial charge in [0.15, 0.2) is 11.3 Å². The van der Waals surface area contributed by atoms with Crippen molar-refractivity contribution in [1.82, 2.24) is 38.5 Å². The molecule has 4 aromatic heterocycles. The molecule has 5 aromatic rings. The largest absolute Gasteiger partial charge is 0.374 e. The summed E-state index contributed by atoms with van der Waals surface area (Å²) < 4.78 is 46.8. The van der Waals surface area contributed by atoms with Crippen LogP contribution in [-0.4, -0.2) is 109 Å². The Morgan fingerprint density at radius 3 is 2.59 bits per heavy atom. The first-order chi connectivity index (χ1) is 30.6. The van der Waals surface area contributed by atoms with Gasteiger partial charge >= 0.3 is 5.69 Å². The number of nitrogens with zero attached hydrogens (tertiary/aromatic N) is 8. The minimum atomic E-state index is -2.85. The molecule has 3 amide bonds. The molecule has 2 bridgehead atoms. The monoisotopic (exact) mass is 864 g/mol. The number of rotatable bonds is 10. The molecule has 330 valence electrons. The van der Waals surface area contributed by atoms with Gasteiger partial charge in [0.05, 0.1) is 58.7 Å². The number of likely N-dealkylation sites (tertiary alicyclic amines) is 1. The molecule has 1 saturated carbocycles. The molecule has 1 aromatic carbocycles. The Morgan fingerprint density at radius 2 is 1.84 bits per heavy atom. The number of anilines is 2. The maximum absolute atomic E-state index is 14.3. The van der Waals surface area contributed by atoms with Gasteiger partial charge in [-0.3, -0.25) is 33.5 Å². The number of amides is 3. The summed E-state index contributed by atoms with van der Waals surface area (Å²) in [6.45, 7) is 4.45. The molecule has 5 aliphatic rings. The van der Waals surface area contributed by atoms with Gasteiger partial charge in [0.25, 0.3) is 12.3 Å². The number of carbonyl (C=O) groups excluding carboxylic acids is 3. The van der Waals surface area contributed by atoms with E-state index in [4.69, 9.17) is 14.5 Å². The molecule has 1 unspecified atom stereocenters. The van der Waals surface area contributed by atoms with E-state index in [-0.39, 0.29) is 61.0 Å². The zero-order valence-electron chi connectivity index (χ0n) is 35.0. The number of aryl methyl sites for hydroxylation is 1. The van der Waals surface area contributed by atoms with Gasteiger partial charge < -0.3 is 29.0 Å². The number of halogens is 2. The van der Waals surface area contributed by atoms with Crippen molar-refractivity contribution in [3.8, 4) is 11.8 Å². The van der Waals surface area contributed by atoms with Crippen LogP contribution in [0.4, 0.5) is 20.3 Å². The second kappa shape index (κ2) is 17.0. The van der Waals surface area contributed by atoms with Crippen molar-refractivity contribution in [3.05, 3.63) is 76.2 Å². The molecule has 5 fully saturated rings. The third-order valence-electron chi connectivity index (χ3n) is 13.6. The Bertz CT molecular complexity index is 2700. The fourth-order valence-electron chi connectivity index (χ4n) is 10.3. The van der Waals surface area contributed by atoms with Gasteiger partial charge in [-0.1, -0.05) is 17.9 Å². The Hall–Kier alpha value is -5.90. The van der Waals surface area contributed by atoms with Crippen molar-refractivity contribution in [1.29, 1.82) is 0 Å². The third kappa shape index (κ3) is 8.02. The van der Waals surface area contributed by atoms with E-state index < -0.39 is 30.0 Å². The molecule has 16 nitrogen and oxygen atoms in total. The second-order valence-corrected chi connectivity index (χ2v) is 17.5. The molecule has 8 heterocycles. The maximum atomic E-state index is 14.3. The van der Waals surface area contributed by atoms with Crippen LogP contribution in [0, 0.1) is 17.8 Å². The number of imidazole rings is 1. The molecular weight excluding hydrogens is 815 g/mol. The number of piperidine rings is 2. The van der Waals surface area contributed by atoms with Gasteiger partial charge in [0.2, 0.25) is 11.8 Å². The van der Waals surface area contributed by atoms with Crippen LogP contribution in [0.5, 0.6) is 0 Å². The normalized spacial score (nSPS) is 24.4. The van der Waals surface area contributed by atoms with E-state index in [1.165, 1.54) is 9.13 Å². The van der Waals surface area contributed by atoms with E-state index in [0.29, 0.717) is 40.3 Å². The molecule has 1 aliphatic carbocycles. The second-order valence-electron chi connectivity index (χ2n) is 17.5. The molecule has 0 spiro atoms. The van der Waals surface area contributed by atoms with E-state index in [1.54, 1.807) is 40.7 Å². The fourth-order valence-corrected chi connectivity index (χ4v) is 10.3. The van der Waals surface area contributed by atoms with E-state index in [9.17, 15) is 28.0 Å². The summed E-state index contributed by atoms with van der Waals surface area (Å²) in [5.41, 5.74) is 1.90. The SMILES string of the molecule is Cn1c(=O)n(C2CCC(=O)NC2=O)c2cccc(C#CCOC3CCN(C[C@H]4CC[C@H](n5cc(NC(=O)c6ccn7ccc(N8C[C@H]9C[C@@H]8CO9)nc67)c(C(F)F)n5)CC4)CC3)c21. The molecular formula is C45H50F2N10O6. The van der Waals surface area contributed by atoms with E-state index >= 15 is 0 Å². The van der Waals surface area contributed by atoms with Gasteiger partial charge in [0.1, 0.15) is 18.5 Å². The summed E-state index contributed by atoms with van der Waals surface area (Å²) in [5.74, 6) is 6.23. The Kier molecular flexibility index (Phi) is 11.1. The number of hydrogen-bond acceptors (Lipinski definition) is 10. The summed E-state index contributed by atoms with van der Waals surface area (Å²) in [6.07, 6.45) is 9.29. The summed E-state index contributed by atoms with van der Waals surface area (Å²) in [4.78, 5) is 60.6. The molecule has 63 heavy (non-hydrogen) atoms. The van der Waals surface area contributed by atoms with E-state index in [1.807, 2.05) is 24.4 Å². The average Bonchev–Trinajstić information content (AvgIpc) is 4.13. The molecule has 4 saturated heterocycles. The van der Waals surface area contributed by atoms with E-state index in [2.05, 4.69) is 37.4 Å².